The van der Waals surface area contributed by atoms with Gasteiger partial charge in [-0.05, 0) is 41.8 Å². The number of benzene rings is 2. The lowest BCUT2D eigenvalue weighted by Crippen LogP contribution is -2.24. The Labute approximate surface area is 235 Å². The number of aliphatic hydroxyl groups excluding tert-OH is 1. The van der Waals surface area contributed by atoms with Crippen LogP contribution in [-0.4, -0.2) is 66.0 Å². The Morgan fingerprint density at radius 3 is 2.68 bits per heavy atom. The van der Waals surface area contributed by atoms with Gasteiger partial charge in [-0.1, -0.05) is 38.1 Å². The van der Waals surface area contributed by atoms with Gasteiger partial charge in [-0.25, -0.2) is 19.3 Å². The number of phenolic OH excluding ortho intramolecular Hbond substituents is 2. The van der Waals surface area contributed by atoms with Gasteiger partial charge in [-0.15, -0.1) is 0 Å². The summed E-state index contributed by atoms with van der Waals surface area (Å²) in [4.78, 5) is 25.9. The minimum atomic E-state index is -0.840. The maximum absolute atomic E-state index is 13.3. The molecule has 0 spiro atoms. The molecule has 11 nitrogen and oxygen atoms in total. The second-order valence-electron chi connectivity index (χ2n) is 9.85. The van der Waals surface area contributed by atoms with Gasteiger partial charge in [0, 0.05) is 19.0 Å². The Balaban J connectivity index is 1.25. The number of ether oxygens (including phenoxy) is 1. The monoisotopic (exact) mass is 562 g/mol. The maximum Gasteiger partial charge on any atom is 0.255 e. The van der Waals surface area contributed by atoms with Crippen molar-refractivity contribution < 1.29 is 29.2 Å². The van der Waals surface area contributed by atoms with Crippen LogP contribution in [0.3, 0.4) is 0 Å². The minimum Gasteiger partial charge on any atom is -0.504 e. The number of aromatic hydroxyl groups is 2. The molecule has 1 fully saturated rings. The van der Waals surface area contributed by atoms with Crippen LogP contribution in [0.2, 0.25) is 0 Å². The van der Waals surface area contributed by atoms with Crippen LogP contribution >= 0.6 is 0 Å². The number of phenols is 2. The summed E-state index contributed by atoms with van der Waals surface area (Å²) >= 11 is 0. The number of carbonyl (C=O) groups is 1. The molecule has 4 aromatic rings. The number of fused-ring (bicyclic) bond motifs is 1. The van der Waals surface area contributed by atoms with Crippen molar-refractivity contribution in [2.45, 2.75) is 38.7 Å². The van der Waals surface area contributed by atoms with E-state index in [-0.39, 0.29) is 18.0 Å². The predicted octanol–water partition coefficient (Wildman–Crippen LogP) is 3.75. The van der Waals surface area contributed by atoms with Crippen molar-refractivity contribution in [2.24, 2.45) is 5.92 Å². The van der Waals surface area contributed by atoms with E-state index in [0.29, 0.717) is 28.1 Å². The molecule has 5 rings (SSSR count). The molecule has 1 aliphatic heterocycles. The van der Waals surface area contributed by atoms with Crippen molar-refractivity contribution in [1.29, 1.82) is 0 Å². The highest BCUT2D eigenvalue weighted by molar-refractivity contribution is 5.99. The highest BCUT2D eigenvalue weighted by atomic mass is 19.1. The van der Waals surface area contributed by atoms with Gasteiger partial charge in [0.25, 0.3) is 5.91 Å². The molecule has 214 valence electrons. The summed E-state index contributed by atoms with van der Waals surface area (Å²) in [6.07, 6.45) is 5.37. The molecule has 3 heterocycles. The normalized spacial score (nSPS) is 20.6. The molecule has 41 heavy (non-hydrogen) atoms. The molecule has 2 aromatic carbocycles. The zero-order valence-corrected chi connectivity index (χ0v) is 22.5. The van der Waals surface area contributed by atoms with Crippen LogP contribution in [0.4, 0.5) is 10.2 Å². The number of nitrogens with one attached hydrogen (secondary N) is 2. The SMILES string of the molecule is CCCNc1ncnc2c1ncn2[C@@H]1O[C@H](/C=C/CNC(=O)c2cc(-c3ccc(F)cc3)cc(O)c2O)[C@H](C)[C@H]1O. The molecule has 0 unspecified atom stereocenters. The number of aliphatic hydroxyl groups is 1. The predicted molar refractivity (Wildman–Crippen MR) is 150 cm³/mol. The number of nitrogens with zero attached hydrogens (tertiary/aromatic N) is 4. The Morgan fingerprint density at radius 1 is 1.15 bits per heavy atom. The molecular weight excluding hydrogens is 531 g/mol. The first kappa shape index (κ1) is 28.0. The van der Waals surface area contributed by atoms with Crippen LogP contribution in [0, 0.1) is 11.7 Å². The van der Waals surface area contributed by atoms with Crippen LogP contribution in [-0.2, 0) is 4.74 Å². The minimum absolute atomic E-state index is 0.0981. The van der Waals surface area contributed by atoms with Crippen molar-refractivity contribution in [3.8, 4) is 22.6 Å². The van der Waals surface area contributed by atoms with Gasteiger partial charge in [0.2, 0.25) is 0 Å². The quantitative estimate of drug-likeness (QED) is 0.152. The zero-order chi connectivity index (χ0) is 29.1. The third-order valence-electron chi connectivity index (χ3n) is 7.04. The summed E-state index contributed by atoms with van der Waals surface area (Å²) in [5.74, 6) is -1.70. The van der Waals surface area contributed by atoms with E-state index in [2.05, 4.69) is 32.5 Å². The second-order valence-corrected chi connectivity index (χ2v) is 9.85. The molecule has 5 N–H and O–H groups in total. The Kier molecular flexibility index (Phi) is 8.13. The van der Waals surface area contributed by atoms with Gasteiger partial charge in [0.05, 0.1) is 18.0 Å². The number of halogens is 1. The molecule has 1 amide bonds. The fourth-order valence-electron chi connectivity index (χ4n) is 4.73. The number of aromatic nitrogens is 4. The molecule has 0 aliphatic carbocycles. The van der Waals surface area contributed by atoms with E-state index >= 15 is 0 Å². The number of imidazole rings is 1. The molecular formula is C29H31FN6O5. The highest BCUT2D eigenvalue weighted by Gasteiger charge is 2.41. The molecule has 1 aliphatic rings. The summed E-state index contributed by atoms with van der Waals surface area (Å²) < 4.78 is 21.1. The largest absolute Gasteiger partial charge is 0.504 e. The van der Waals surface area contributed by atoms with Crippen molar-refractivity contribution in [2.75, 3.05) is 18.4 Å². The van der Waals surface area contributed by atoms with Crippen LogP contribution in [0.1, 0.15) is 36.9 Å². The molecule has 0 saturated carbocycles. The van der Waals surface area contributed by atoms with Crippen molar-refractivity contribution in [3.05, 3.63) is 72.6 Å². The highest BCUT2D eigenvalue weighted by Crippen LogP contribution is 2.37. The van der Waals surface area contributed by atoms with Gasteiger partial charge < -0.3 is 30.7 Å². The lowest BCUT2D eigenvalue weighted by Gasteiger charge is -2.17. The van der Waals surface area contributed by atoms with E-state index in [1.165, 1.54) is 42.7 Å². The summed E-state index contributed by atoms with van der Waals surface area (Å²) in [6.45, 7) is 4.75. The van der Waals surface area contributed by atoms with Crippen molar-refractivity contribution in [3.63, 3.8) is 0 Å². The number of amides is 1. The van der Waals surface area contributed by atoms with E-state index in [0.717, 1.165) is 13.0 Å². The third-order valence-corrected chi connectivity index (χ3v) is 7.04. The average molecular weight is 563 g/mol. The van der Waals surface area contributed by atoms with Gasteiger partial charge in [-0.2, -0.15) is 0 Å². The number of carbonyl (C=O) groups excluding carboxylic acids is 1. The first-order valence-electron chi connectivity index (χ1n) is 13.3. The van der Waals surface area contributed by atoms with Crippen molar-refractivity contribution in [1.82, 2.24) is 24.8 Å². The van der Waals surface area contributed by atoms with Crippen LogP contribution in [0.5, 0.6) is 11.5 Å². The maximum atomic E-state index is 13.3. The lowest BCUT2D eigenvalue weighted by atomic mass is 10.00. The molecule has 4 atom stereocenters. The molecule has 2 aromatic heterocycles. The number of hydrogen-bond donors (Lipinski definition) is 5. The van der Waals surface area contributed by atoms with Gasteiger partial charge >= 0.3 is 0 Å². The van der Waals surface area contributed by atoms with E-state index in [9.17, 15) is 24.5 Å². The van der Waals surface area contributed by atoms with E-state index in [4.69, 9.17) is 4.74 Å². The second kappa shape index (κ2) is 11.9. The zero-order valence-electron chi connectivity index (χ0n) is 22.5. The Hall–Kier alpha value is -4.55. The fourth-order valence-corrected chi connectivity index (χ4v) is 4.73. The summed E-state index contributed by atoms with van der Waals surface area (Å²) in [7, 11) is 0. The van der Waals surface area contributed by atoms with Crippen LogP contribution < -0.4 is 10.6 Å². The van der Waals surface area contributed by atoms with Crippen LogP contribution in [0.15, 0.2) is 61.2 Å². The summed E-state index contributed by atoms with van der Waals surface area (Å²) in [5.41, 5.74) is 2.02. The first-order chi connectivity index (χ1) is 19.8. The molecule has 0 bridgehead atoms. The lowest BCUT2D eigenvalue weighted by molar-refractivity contribution is -0.0231. The first-order valence-corrected chi connectivity index (χ1v) is 13.3. The molecule has 12 heteroatoms. The van der Waals surface area contributed by atoms with Gasteiger partial charge in [-0.3, -0.25) is 9.36 Å². The summed E-state index contributed by atoms with van der Waals surface area (Å²) in [5, 5.41) is 37.3. The van der Waals surface area contributed by atoms with Gasteiger partial charge in [0.1, 0.15) is 18.2 Å². The Bertz CT molecular complexity index is 1570. The van der Waals surface area contributed by atoms with Crippen molar-refractivity contribution >= 4 is 22.9 Å². The molecule has 0 radical (unpaired) electrons. The average Bonchev–Trinajstić information content (AvgIpc) is 3.52. The topological polar surface area (TPSA) is 155 Å². The third kappa shape index (κ3) is 5.70. The smallest absolute Gasteiger partial charge is 0.255 e. The fraction of sp³-hybridized carbons (Fsp3) is 0.310. The standard InChI is InChI=1S/C29H31FN6O5/c1-3-10-31-26-23-27(34-14-33-26)36(15-35-23)29-24(38)16(2)22(41-29)5-4-11-32-28(40)20-12-18(13-21(37)25(20)39)17-6-8-19(30)9-7-17/h4-9,12-16,22,24,29,37-39H,3,10-11H2,1-2H3,(H,32,40)(H,31,33,34)/b5-4+/t16-,22+,24+,29+/m0/s1. The van der Waals surface area contributed by atoms with E-state index in [1.807, 2.05) is 6.92 Å². The van der Waals surface area contributed by atoms with E-state index in [1.54, 1.807) is 23.0 Å². The van der Waals surface area contributed by atoms with Gasteiger partial charge in [0.15, 0.2) is 34.7 Å². The number of rotatable bonds is 9. The van der Waals surface area contributed by atoms with E-state index < -0.39 is 41.7 Å². The summed E-state index contributed by atoms with van der Waals surface area (Å²) in [6, 6.07) is 8.28. The number of hydrogen-bond acceptors (Lipinski definition) is 9. The number of anilines is 1. The van der Waals surface area contributed by atoms with Crippen LogP contribution in [0.25, 0.3) is 22.3 Å². The molecule has 1 saturated heterocycles. The Morgan fingerprint density at radius 2 is 1.93 bits per heavy atom.